The van der Waals surface area contributed by atoms with Crippen molar-refractivity contribution in [2.75, 3.05) is 19.8 Å². The van der Waals surface area contributed by atoms with Gasteiger partial charge < -0.3 is 15.5 Å². The van der Waals surface area contributed by atoms with Gasteiger partial charge in [0.25, 0.3) is 0 Å². The minimum absolute atomic E-state index is 0.0254. The number of aliphatic hydroxyl groups is 2. The Morgan fingerprint density at radius 3 is 2.29 bits per heavy atom. The van der Waals surface area contributed by atoms with Gasteiger partial charge in [-0.1, -0.05) is 12.1 Å². The highest BCUT2D eigenvalue weighted by Gasteiger charge is 2.06. The summed E-state index contributed by atoms with van der Waals surface area (Å²) in [5, 5.41) is 21.0. The summed E-state index contributed by atoms with van der Waals surface area (Å²) in [6, 6.07) is 4.10. The van der Waals surface area contributed by atoms with E-state index in [4.69, 9.17) is 10.2 Å². The summed E-state index contributed by atoms with van der Waals surface area (Å²) in [5.41, 5.74) is 5.35. The van der Waals surface area contributed by atoms with Crippen LogP contribution in [0.3, 0.4) is 0 Å². The lowest BCUT2D eigenvalue weighted by Gasteiger charge is -2.15. The standard InChI is InChI=1S/C14H23NO2/c1-10-4-5-13(12(3)11(10)2)6-7-15-14(8-16)9-17/h4-5,14-17H,6-9H2,1-3H3. The van der Waals surface area contributed by atoms with Crippen molar-refractivity contribution in [3.05, 3.63) is 34.4 Å². The third kappa shape index (κ3) is 3.80. The van der Waals surface area contributed by atoms with Crippen molar-refractivity contribution in [2.45, 2.75) is 33.2 Å². The second kappa shape index (κ2) is 6.74. The van der Waals surface area contributed by atoms with E-state index in [-0.39, 0.29) is 19.3 Å². The molecule has 0 atom stereocenters. The van der Waals surface area contributed by atoms with Crippen LogP contribution in [0.1, 0.15) is 22.3 Å². The van der Waals surface area contributed by atoms with E-state index in [1.54, 1.807) is 0 Å². The molecular formula is C14H23NO2. The van der Waals surface area contributed by atoms with E-state index in [0.29, 0.717) is 0 Å². The number of hydrogen-bond acceptors (Lipinski definition) is 3. The molecule has 0 aliphatic rings. The van der Waals surface area contributed by atoms with Crippen molar-refractivity contribution >= 4 is 0 Å². The summed E-state index contributed by atoms with van der Waals surface area (Å²) < 4.78 is 0. The van der Waals surface area contributed by atoms with Crippen molar-refractivity contribution in [1.82, 2.24) is 5.32 Å². The quantitative estimate of drug-likeness (QED) is 0.694. The summed E-state index contributed by atoms with van der Waals surface area (Å²) >= 11 is 0. The molecule has 17 heavy (non-hydrogen) atoms. The third-order valence-electron chi connectivity index (χ3n) is 3.44. The third-order valence-corrected chi connectivity index (χ3v) is 3.44. The Bertz CT molecular complexity index is 359. The van der Waals surface area contributed by atoms with Crippen LogP contribution in [0.2, 0.25) is 0 Å². The Balaban J connectivity index is 2.55. The normalized spacial score (nSPS) is 11.2. The average Bonchev–Trinajstić information content (AvgIpc) is 2.34. The van der Waals surface area contributed by atoms with E-state index in [1.165, 1.54) is 22.3 Å². The van der Waals surface area contributed by atoms with Crippen LogP contribution >= 0.6 is 0 Å². The SMILES string of the molecule is Cc1ccc(CCNC(CO)CO)c(C)c1C. The Labute approximate surface area is 103 Å². The van der Waals surface area contributed by atoms with Gasteiger partial charge in [-0.2, -0.15) is 0 Å². The van der Waals surface area contributed by atoms with Crippen molar-refractivity contribution in [2.24, 2.45) is 0 Å². The van der Waals surface area contributed by atoms with Gasteiger partial charge in [0.2, 0.25) is 0 Å². The van der Waals surface area contributed by atoms with Gasteiger partial charge in [-0.15, -0.1) is 0 Å². The fraction of sp³-hybridized carbons (Fsp3) is 0.571. The van der Waals surface area contributed by atoms with Gasteiger partial charge in [-0.25, -0.2) is 0 Å². The molecule has 1 aromatic rings. The van der Waals surface area contributed by atoms with E-state index >= 15 is 0 Å². The van der Waals surface area contributed by atoms with Gasteiger partial charge in [-0.05, 0) is 56.0 Å². The number of hydrogen-bond donors (Lipinski definition) is 3. The topological polar surface area (TPSA) is 52.5 Å². The lowest BCUT2D eigenvalue weighted by molar-refractivity contribution is 0.171. The summed E-state index contributed by atoms with van der Waals surface area (Å²) in [4.78, 5) is 0. The highest BCUT2D eigenvalue weighted by atomic mass is 16.3. The van der Waals surface area contributed by atoms with Crippen molar-refractivity contribution < 1.29 is 10.2 Å². The molecule has 0 saturated heterocycles. The first-order chi connectivity index (χ1) is 8.10. The fourth-order valence-corrected chi connectivity index (χ4v) is 1.88. The number of benzene rings is 1. The smallest absolute Gasteiger partial charge is 0.0607 e. The Morgan fingerprint density at radius 1 is 1.06 bits per heavy atom. The first-order valence-electron chi connectivity index (χ1n) is 6.11. The first-order valence-corrected chi connectivity index (χ1v) is 6.11. The van der Waals surface area contributed by atoms with Crippen LogP contribution in [0.5, 0.6) is 0 Å². The predicted octanol–water partition coefficient (Wildman–Crippen LogP) is 1.10. The largest absolute Gasteiger partial charge is 0.395 e. The zero-order chi connectivity index (χ0) is 12.8. The fourth-order valence-electron chi connectivity index (χ4n) is 1.88. The van der Waals surface area contributed by atoms with Crippen molar-refractivity contribution in [1.29, 1.82) is 0 Å². The van der Waals surface area contributed by atoms with Crippen LogP contribution in [-0.2, 0) is 6.42 Å². The highest BCUT2D eigenvalue weighted by molar-refractivity contribution is 5.38. The summed E-state index contributed by atoms with van der Waals surface area (Å²) in [5.74, 6) is 0. The molecule has 1 aromatic carbocycles. The molecular weight excluding hydrogens is 214 g/mol. The van der Waals surface area contributed by atoms with Gasteiger partial charge >= 0.3 is 0 Å². The Hall–Kier alpha value is -0.900. The lowest BCUT2D eigenvalue weighted by Crippen LogP contribution is -2.37. The van der Waals surface area contributed by atoms with Crippen LogP contribution in [-0.4, -0.2) is 36.0 Å². The number of aliphatic hydroxyl groups excluding tert-OH is 2. The van der Waals surface area contributed by atoms with E-state index in [9.17, 15) is 0 Å². The van der Waals surface area contributed by atoms with Gasteiger partial charge in [0.1, 0.15) is 0 Å². The van der Waals surface area contributed by atoms with Crippen LogP contribution in [0.25, 0.3) is 0 Å². The van der Waals surface area contributed by atoms with Gasteiger partial charge in [0.05, 0.1) is 19.3 Å². The zero-order valence-electron chi connectivity index (χ0n) is 11.0. The molecule has 0 amide bonds. The van der Waals surface area contributed by atoms with Gasteiger partial charge in [0.15, 0.2) is 0 Å². The molecule has 3 N–H and O–H groups in total. The molecule has 0 aliphatic heterocycles. The Kier molecular flexibility index (Phi) is 5.62. The van der Waals surface area contributed by atoms with Crippen LogP contribution in [0, 0.1) is 20.8 Å². The van der Waals surface area contributed by atoms with Gasteiger partial charge in [-0.3, -0.25) is 0 Å². The van der Waals surface area contributed by atoms with E-state index < -0.39 is 0 Å². The van der Waals surface area contributed by atoms with Crippen molar-refractivity contribution in [3.8, 4) is 0 Å². The average molecular weight is 237 g/mol. The summed E-state index contributed by atoms with van der Waals surface area (Å²) in [6.45, 7) is 7.14. The van der Waals surface area contributed by atoms with Gasteiger partial charge in [0, 0.05) is 0 Å². The molecule has 1 rings (SSSR count). The Morgan fingerprint density at radius 2 is 1.71 bits per heavy atom. The number of nitrogens with one attached hydrogen (secondary N) is 1. The molecule has 0 bridgehead atoms. The van der Waals surface area contributed by atoms with E-state index in [2.05, 4.69) is 38.2 Å². The first kappa shape index (κ1) is 14.2. The molecule has 3 nitrogen and oxygen atoms in total. The molecule has 0 spiro atoms. The second-order valence-corrected chi connectivity index (χ2v) is 4.56. The minimum Gasteiger partial charge on any atom is -0.395 e. The monoisotopic (exact) mass is 237 g/mol. The van der Waals surface area contributed by atoms with Crippen LogP contribution < -0.4 is 5.32 Å². The molecule has 0 aromatic heterocycles. The predicted molar refractivity (Wildman–Crippen MR) is 70.3 cm³/mol. The zero-order valence-corrected chi connectivity index (χ0v) is 11.0. The van der Waals surface area contributed by atoms with E-state index in [0.717, 1.165) is 13.0 Å². The summed E-state index contributed by atoms with van der Waals surface area (Å²) in [6.07, 6.45) is 0.920. The minimum atomic E-state index is -0.207. The van der Waals surface area contributed by atoms with Crippen LogP contribution in [0.15, 0.2) is 12.1 Å². The maximum absolute atomic E-state index is 8.94. The lowest BCUT2D eigenvalue weighted by atomic mass is 9.97. The van der Waals surface area contributed by atoms with Crippen molar-refractivity contribution in [3.63, 3.8) is 0 Å². The summed E-state index contributed by atoms with van der Waals surface area (Å²) in [7, 11) is 0. The molecule has 96 valence electrons. The number of rotatable bonds is 6. The molecule has 0 aliphatic carbocycles. The van der Waals surface area contributed by atoms with Crippen LogP contribution in [0.4, 0.5) is 0 Å². The second-order valence-electron chi connectivity index (χ2n) is 4.56. The molecule has 3 heteroatoms. The molecule has 0 saturated carbocycles. The van der Waals surface area contributed by atoms with E-state index in [1.807, 2.05) is 0 Å². The number of aryl methyl sites for hydroxylation is 1. The highest BCUT2D eigenvalue weighted by Crippen LogP contribution is 2.17. The molecule has 0 unspecified atom stereocenters. The maximum atomic E-state index is 8.94. The molecule has 0 radical (unpaired) electrons. The molecule has 0 fully saturated rings. The molecule has 0 heterocycles. The maximum Gasteiger partial charge on any atom is 0.0607 e.